The molecule has 0 saturated carbocycles. The van der Waals surface area contributed by atoms with E-state index < -0.39 is 6.04 Å². The van der Waals surface area contributed by atoms with E-state index in [1.165, 1.54) is 0 Å². The van der Waals surface area contributed by atoms with Crippen LogP contribution in [0, 0.1) is 11.8 Å². The molecule has 1 atom stereocenters. The Morgan fingerprint density at radius 2 is 1.45 bits per heavy atom. The van der Waals surface area contributed by atoms with E-state index >= 15 is 0 Å². The molecule has 1 aliphatic heterocycles. The minimum atomic E-state index is -0.414. The number of nitrogens with two attached hydrogens (primary N) is 1. The van der Waals surface area contributed by atoms with Crippen LogP contribution in [0.1, 0.15) is 40.5 Å². The molecule has 0 aliphatic carbocycles. The maximum Gasteiger partial charge on any atom is 0.239 e. The largest absolute Gasteiger partial charge is 0.341 e. The summed E-state index contributed by atoms with van der Waals surface area (Å²) in [6, 6.07) is -0.414. The van der Waals surface area contributed by atoms with E-state index in [4.69, 9.17) is 5.73 Å². The molecule has 0 aromatic carbocycles. The molecule has 0 aromatic rings. The Kier molecular flexibility index (Phi) is 6.46. The first kappa shape index (κ1) is 17.0. The topological polar surface area (TPSA) is 66.6 Å². The number of hydrogen-bond donors (Lipinski definition) is 1. The average Bonchev–Trinajstić information content (AvgIpc) is 2.61. The van der Waals surface area contributed by atoms with Gasteiger partial charge in [0.05, 0.1) is 6.04 Å². The molecule has 1 saturated heterocycles. The molecule has 0 aromatic heterocycles. The third-order valence-corrected chi connectivity index (χ3v) is 3.66. The number of carbonyl (C=O) groups excluding carboxylic acids is 2. The van der Waals surface area contributed by atoms with Crippen molar-refractivity contribution in [1.29, 1.82) is 0 Å². The molecule has 0 unspecified atom stereocenters. The predicted octanol–water partition coefficient (Wildman–Crippen LogP) is 1.08. The zero-order valence-corrected chi connectivity index (χ0v) is 13.3. The fraction of sp³-hybridized carbons (Fsp3) is 0.867. The fourth-order valence-electron chi connectivity index (χ4n) is 2.57. The van der Waals surface area contributed by atoms with Crippen LogP contribution in [0.2, 0.25) is 0 Å². The minimum absolute atomic E-state index is 0.0143. The van der Waals surface area contributed by atoms with Crippen molar-refractivity contribution in [3.05, 3.63) is 0 Å². The van der Waals surface area contributed by atoms with Crippen LogP contribution in [0.3, 0.4) is 0 Å². The normalized spacial score (nSPS) is 18.4. The highest BCUT2D eigenvalue weighted by molar-refractivity contribution is 5.82. The molecule has 5 heteroatoms. The lowest BCUT2D eigenvalue weighted by Crippen LogP contribution is -2.46. The monoisotopic (exact) mass is 283 g/mol. The summed E-state index contributed by atoms with van der Waals surface area (Å²) in [5, 5.41) is 0. The summed E-state index contributed by atoms with van der Waals surface area (Å²) in [6.45, 7) is 10.6. The summed E-state index contributed by atoms with van der Waals surface area (Å²) in [5.74, 6) is 0.628. The van der Waals surface area contributed by atoms with Crippen molar-refractivity contribution in [3.8, 4) is 0 Å². The quantitative estimate of drug-likeness (QED) is 0.839. The van der Waals surface area contributed by atoms with Crippen molar-refractivity contribution in [2.75, 3.05) is 26.2 Å². The van der Waals surface area contributed by atoms with Gasteiger partial charge in [0, 0.05) is 32.1 Å². The SMILES string of the molecule is CC(C)C[C@H](N)C(=O)N1CCCN(C(=O)C(C)C)CC1. The van der Waals surface area contributed by atoms with Crippen LogP contribution in [-0.2, 0) is 9.59 Å². The molecule has 1 rings (SSSR count). The minimum Gasteiger partial charge on any atom is -0.341 e. The molecule has 2 amide bonds. The van der Waals surface area contributed by atoms with Crippen LogP contribution in [0.4, 0.5) is 0 Å². The number of rotatable bonds is 4. The Hall–Kier alpha value is -1.10. The van der Waals surface area contributed by atoms with Gasteiger partial charge in [0.25, 0.3) is 0 Å². The Balaban J connectivity index is 2.55. The molecule has 1 heterocycles. The maximum absolute atomic E-state index is 12.3. The summed E-state index contributed by atoms with van der Waals surface area (Å²) in [5.41, 5.74) is 5.97. The lowest BCUT2D eigenvalue weighted by atomic mass is 10.0. The van der Waals surface area contributed by atoms with Gasteiger partial charge in [-0.05, 0) is 18.8 Å². The van der Waals surface area contributed by atoms with E-state index in [0.29, 0.717) is 32.0 Å². The van der Waals surface area contributed by atoms with Gasteiger partial charge in [-0.15, -0.1) is 0 Å². The standard InChI is InChI=1S/C15H29N3O2/c1-11(2)10-13(16)15(20)18-7-5-6-17(8-9-18)14(19)12(3)4/h11-13H,5-10,16H2,1-4H3/t13-/m0/s1. The van der Waals surface area contributed by atoms with E-state index in [1.54, 1.807) is 0 Å². The van der Waals surface area contributed by atoms with Crippen molar-refractivity contribution < 1.29 is 9.59 Å². The number of amides is 2. The average molecular weight is 283 g/mol. The highest BCUT2D eigenvalue weighted by Crippen LogP contribution is 2.11. The fourth-order valence-corrected chi connectivity index (χ4v) is 2.57. The molecule has 5 nitrogen and oxygen atoms in total. The summed E-state index contributed by atoms with van der Waals surface area (Å²) in [6.07, 6.45) is 1.54. The lowest BCUT2D eigenvalue weighted by molar-refractivity contribution is -0.136. The van der Waals surface area contributed by atoms with Gasteiger partial charge in [0.15, 0.2) is 0 Å². The van der Waals surface area contributed by atoms with Crippen LogP contribution in [0.25, 0.3) is 0 Å². The first-order valence-electron chi connectivity index (χ1n) is 7.66. The third kappa shape index (κ3) is 4.78. The zero-order chi connectivity index (χ0) is 15.3. The van der Waals surface area contributed by atoms with Crippen molar-refractivity contribution in [3.63, 3.8) is 0 Å². The summed E-state index contributed by atoms with van der Waals surface area (Å²) < 4.78 is 0. The van der Waals surface area contributed by atoms with Crippen molar-refractivity contribution >= 4 is 11.8 Å². The Labute approximate surface area is 122 Å². The van der Waals surface area contributed by atoms with Crippen LogP contribution < -0.4 is 5.73 Å². The summed E-state index contributed by atoms with van der Waals surface area (Å²) >= 11 is 0. The first-order chi connectivity index (χ1) is 9.32. The van der Waals surface area contributed by atoms with Crippen LogP contribution in [-0.4, -0.2) is 53.8 Å². The molecule has 116 valence electrons. The number of carbonyl (C=O) groups is 2. The summed E-state index contributed by atoms with van der Waals surface area (Å²) in [4.78, 5) is 28.0. The third-order valence-electron chi connectivity index (χ3n) is 3.66. The van der Waals surface area contributed by atoms with Gasteiger partial charge >= 0.3 is 0 Å². The smallest absolute Gasteiger partial charge is 0.239 e. The lowest BCUT2D eigenvalue weighted by Gasteiger charge is -2.25. The molecule has 0 bridgehead atoms. The van der Waals surface area contributed by atoms with Crippen LogP contribution >= 0.6 is 0 Å². The number of hydrogen-bond acceptors (Lipinski definition) is 3. The number of nitrogens with zero attached hydrogens (tertiary/aromatic N) is 2. The molecule has 1 aliphatic rings. The van der Waals surface area contributed by atoms with Gasteiger partial charge in [0.2, 0.25) is 11.8 Å². The first-order valence-corrected chi connectivity index (χ1v) is 7.66. The molecule has 2 N–H and O–H groups in total. The van der Waals surface area contributed by atoms with E-state index in [9.17, 15) is 9.59 Å². The van der Waals surface area contributed by atoms with E-state index in [-0.39, 0.29) is 17.7 Å². The molecule has 1 fully saturated rings. The van der Waals surface area contributed by atoms with Crippen molar-refractivity contribution in [1.82, 2.24) is 9.80 Å². The highest BCUT2D eigenvalue weighted by atomic mass is 16.2. The highest BCUT2D eigenvalue weighted by Gasteiger charge is 2.26. The zero-order valence-electron chi connectivity index (χ0n) is 13.3. The van der Waals surface area contributed by atoms with Gasteiger partial charge in [-0.2, -0.15) is 0 Å². The second kappa shape index (κ2) is 7.62. The molecular formula is C15H29N3O2. The molecular weight excluding hydrogens is 254 g/mol. The Bertz CT molecular complexity index is 342. The van der Waals surface area contributed by atoms with Gasteiger partial charge in [-0.25, -0.2) is 0 Å². The van der Waals surface area contributed by atoms with E-state index in [2.05, 4.69) is 13.8 Å². The second-order valence-electron chi connectivity index (χ2n) is 6.39. The van der Waals surface area contributed by atoms with Crippen molar-refractivity contribution in [2.45, 2.75) is 46.6 Å². The van der Waals surface area contributed by atoms with Gasteiger partial charge < -0.3 is 15.5 Å². The van der Waals surface area contributed by atoms with Gasteiger partial charge in [-0.1, -0.05) is 27.7 Å². The van der Waals surface area contributed by atoms with Crippen LogP contribution in [0.15, 0.2) is 0 Å². The Morgan fingerprint density at radius 3 is 1.90 bits per heavy atom. The molecule has 0 radical (unpaired) electrons. The maximum atomic E-state index is 12.3. The van der Waals surface area contributed by atoms with Crippen LogP contribution in [0.5, 0.6) is 0 Å². The van der Waals surface area contributed by atoms with Gasteiger partial charge in [0.1, 0.15) is 0 Å². The van der Waals surface area contributed by atoms with Gasteiger partial charge in [-0.3, -0.25) is 9.59 Å². The molecule has 0 spiro atoms. The predicted molar refractivity (Wildman–Crippen MR) is 80.0 cm³/mol. The molecule has 20 heavy (non-hydrogen) atoms. The second-order valence-corrected chi connectivity index (χ2v) is 6.39. The Morgan fingerprint density at radius 1 is 0.950 bits per heavy atom. The summed E-state index contributed by atoms with van der Waals surface area (Å²) in [7, 11) is 0. The van der Waals surface area contributed by atoms with E-state index in [1.807, 2.05) is 23.6 Å². The van der Waals surface area contributed by atoms with Crippen molar-refractivity contribution in [2.24, 2.45) is 17.6 Å². The van der Waals surface area contributed by atoms with E-state index in [0.717, 1.165) is 13.0 Å².